The summed E-state index contributed by atoms with van der Waals surface area (Å²) < 4.78 is 0. The van der Waals surface area contributed by atoms with Crippen LogP contribution in [0.1, 0.15) is 25.5 Å². The number of nitrogens with zero attached hydrogens (tertiary/aromatic N) is 1. The predicted octanol–water partition coefficient (Wildman–Crippen LogP) is 2.89. The third-order valence-corrected chi connectivity index (χ3v) is 3.50. The molecule has 2 rings (SSSR count). The van der Waals surface area contributed by atoms with Gasteiger partial charge >= 0.3 is 0 Å². The Morgan fingerprint density at radius 1 is 1.69 bits per heavy atom. The van der Waals surface area contributed by atoms with Crippen LogP contribution in [0.25, 0.3) is 0 Å². The van der Waals surface area contributed by atoms with Gasteiger partial charge in [0.2, 0.25) is 0 Å². The lowest BCUT2D eigenvalue weighted by Crippen LogP contribution is -2.35. The molecule has 0 bridgehead atoms. The van der Waals surface area contributed by atoms with Crippen LogP contribution < -0.4 is 5.32 Å². The summed E-state index contributed by atoms with van der Waals surface area (Å²) in [5, 5.41) is 6.92. The first kappa shape index (κ1) is 9.28. The van der Waals surface area contributed by atoms with Crippen molar-refractivity contribution in [2.45, 2.75) is 37.6 Å². The number of aromatic nitrogens is 1. The van der Waals surface area contributed by atoms with Gasteiger partial charge in [0.15, 0.2) is 5.13 Å². The summed E-state index contributed by atoms with van der Waals surface area (Å²) in [5.41, 5.74) is 1.18. The fourth-order valence-electron chi connectivity index (χ4n) is 1.38. The van der Waals surface area contributed by atoms with E-state index in [0.29, 0.717) is 11.4 Å². The first-order valence-corrected chi connectivity index (χ1v) is 5.94. The van der Waals surface area contributed by atoms with Gasteiger partial charge in [-0.15, -0.1) is 22.9 Å². The number of rotatable bonds is 3. The topological polar surface area (TPSA) is 24.9 Å². The molecular weight excluding hydrogens is 204 g/mol. The van der Waals surface area contributed by atoms with E-state index in [0.717, 1.165) is 24.4 Å². The van der Waals surface area contributed by atoms with Crippen LogP contribution in [0.15, 0.2) is 5.38 Å². The van der Waals surface area contributed by atoms with Gasteiger partial charge in [-0.05, 0) is 19.3 Å². The van der Waals surface area contributed by atoms with Crippen LogP contribution in [-0.2, 0) is 6.42 Å². The summed E-state index contributed by atoms with van der Waals surface area (Å²) in [6.45, 7) is 2.12. The predicted molar refractivity (Wildman–Crippen MR) is 57.8 cm³/mol. The molecule has 4 heteroatoms. The second kappa shape index (κ2) is 3.84. The molecule has 0 unspecified atom stereocenters. The van der Waals surface area contributed by atoms with E-state index in [9.17, 15) is 0 Å². The quantitative estimate of drug-likeness (QED) is 0.786. The van der Waals surface area contributed by atoms with Crippen LogP contribution in [0, 0.1) is 0 Å². The number of nitrogens with one attached hydrogen (secondary N) is 1. The molecule has 1 saturated carbocycles. The maximum Gasteiger partial charge on any atom is 0.183 e. The van der Waals surface area contributed by atoms with E-state index in [1.54, 1.807) is 11.3 Å². The van der Waals surface area contributed by atoms with Gasteiger partial charge in [0, 0.05) is 16.8 Å². The summed E-state index contributed by atoms with van der Waals surface area (Å²) >= 11 is 7.57. The SMILES string of the molecule is CCc1csc(NC2CC(Cl)C2)n1. The van der Waals surface area contributed by atoms with Gasteiger partial charge in [0.25, 0.3) is 0 Å². The minimum absolute atomic E-state index is 0.378. The fraction of sp³-hybridized carbons (Fsp3) is 0.667. The zero-order chi connectivity index (χ0) is 9.26. The molecule has 0 radical (unpaired) electrons. The highest BCUT2D eigenvalue weighted by molar-refractivity contribution is 7.13. The fourth-order valence-corrected chi connectivity index (χ4v) is 2.68. The van der Waals surface area contributed by atoms with Gasteiger partial charge in [0.1, 0.15) is 0 Å². The van der Waals surface area contributed by atoms with E-state index in [1.807, 2.05) is 0 Å². The molecule has 0 amide bonds. The molecule has 1 aliphatic carbocycles. The van der Waals surface area contributed by atoms with Crippen LogP contribution in [0.5, 0.6) is 0 Å². The second-order valence-corrected chi connectivity index (χ2v) is 4.88. The Balaban J connectivity index is 1.87. The molecule has 0 aromatic carbocycles. The van der Waals surface area contributed by atoms with E-state index in [1.165, 1.54) is 5.69 Å². The standard InChI is InChI=1S/C9H13ClN2S/c1-2-7-5-13-9(11-7)12-8-3-6(10)4-8/h5-6,8H,2-4H2,1H3,(H,11,12). The Labute approximate surface area is 87.3 Å². The van der Waals surface area contributed by atoms with Crippen molar-refractivity contribution in [1.82, 2.24) is 4.98 Å². The summed E-state index contributed by atoms with van der Waals surface area (Å²) in [4.78, 5) is 4.44. The molecule has 0 spiro atoms. The molecule has 13 heavy (non-hydrogen) atoms. The minimum atomic E-state index is 0.378. The van der Waals surface area contributed by atoms with E-state index in [-0.39, 0.29) is 0 Å². The van der Waals surface area contributed by atoms with Crippen molar-refractivity contribution in [2.75, 3.05) is 5.32 Å². The van der Waals surface area contributed by atoms with Crippen molar-refractivity contribution >= 4 is 28.1 Å². The van der Waals surface area contributed by atoms with Gasteiger partial charge in [-0.2, -0.15) is 0 Å². The molecule has 0 atom stereocenters. The first-order chi connectivity index (χ1) is 6.28. The lowest BCUT2D eigenvalue weighted by Gasteiger charge is -2.31. The Morgan fingerprint density at radius 2 is 2.46 bits per heavy atom. The monoisotopic (exact) mass is 216 g/mol. The Kier molecular flexibility index (Phi) is 2.74. The van der Waals surface area contributed by atoms with Gasteiger partial charge in [0.05, 0.1) is 5.69 Å². The number of hydrogen-bond acceptors (Lipinski definition) is 3. The molecule has 1 aromatic rings. The molecule has 0 aliphatic heterocycles. The summed E-state index contributed by atoms with van der Waals surface area (Å²) in [6.07, 6.45) is 3.16. The summed E-state index contributed by atoms with van der Waals surface area (Å²) in [6, 6.07) is 0.554. The number of alkyl halides is 1. The van der Waals surface area contributed by atoms with Crippen molar-refractivity contribution in [1.29, 1.82) is 0 Å². The average Bonchev–Trinajstić information content (AvgIpc) is 2.50. The van der Waals surface area contributed by atoms with Crippen molar-refractivity contribution in [3.63, 3.8) is 0 Å². The van der Waals surface area contributed by atoms with E-state index in [2.05, 4.69) is 22.6 Å². The Bertz CT molecular complexity index is 281. The number of halogens is 1. The lowest BCUT2D eigenvalue weighted by molar-refractivity contribution is 0.454. The van der Waals surface area contributed by atoms with Crippen LogP contribution in [0.3, 0.4) is 0 Å². The van der Waals surface area contributed by atoms with Crippen LogP contribution in [0.2, 0.25) is 0 Å². The first-order valence-electron chi connectivity index (χ1n) is 4.63. The van der Waals surface area contributed by atoms with Crippen LogP contribution >= 0.6 is 22.9 Å². The maximum absolute atomic E-state index is 5.89. The van der Waals surface area contributed by atoms with E-state index >= 15 is 0 Å². The van der Waals surface area contributed by atoms with Gasteiger partial charge in [-0.3, -0.25) is 0 Å². The van der Waals surface area contributed by atoms with Crippen molar-refractivity contribution in [2.24, 2.45) is 0 Å². The molecule has 1 aromatic heterocycles. The van der Waals surface area contributed by atoms with Crippen LogP contribution in [0.4, 0.5) is 5.13 Å². The van der Waals surface area contributed by atoms with Crippen LogP contribution in [-0.4, -0.2) is 16.4 Å². The van der Waals surface area contributed by atoms with Gasteiger partial charge in [-0.25, -0.2) is 4.98 Å². The molecule has 2 nitrogen and oxygen atoms in total. The smallest absolute Gasteiger partial charge is 0.183 e. The molecule has 1 fully saturated rings. The normalized spacial score (nSPS) is 26.9. The van der Waals surface area contributed by atoms with Crippen molar-refractivity contribution in [3.05, 3.63) is 11.1 Å². The maximum atomic E-state index is 5.89. The minimum Gasteiger partial charge on any atom is -0.359 e. The molecule has 0 saturated heterocycles. The third-order valence-electron chi connectivity index (χ3n) is 2.32. The zero-order valence-electron chi connectivity index (χ0n) is 7.59. The molecular formula is C9H13ClN2S. The van der Waals surface area contributed by atoms with E-state index in [4.69, 9.17) is 11.6 Å². The highest BCUT2D eigenvalue weighted by atomic mass is 35.5. The Morgan fingerprint density at radius 3 is 3.00 bits per heavy atom. The number of thiazole rings is 1. The summed E-state index contributed by atoms with van der Waals surface area (Å²) in [5.74, 6) is 0. The van der Waals surface area contributed by atoms with Gasteiger partial charge in [-0.1, -0.05) is 6.92 Å². The largest absolute Gasteiger partial charge is 0.359 e. The lowest BCUT2D eigenvalue weighted by atomic mass is 9.93. The summed E-state index contributed by atoms with van der Waals surface area (Å²) in [7, 11) is 0. The van der Waals surface area contributed by atoms with Crippen molar-refractivity contribution < 1.29 is 0 Å². The molecule has 1 N–H and O–H groups in total. The Hall–Kier alpha value is -0.280. The number of hydrogen-bond donors (Lipinski definition) is 1. The highest BCUT2D eigenvalue weighted by Gasteiger charge is 2.27. The average molecular weight is 217 g/mol. The molecule has 72 valence electrons. The molecule has 1 heterocycles. The zero-order valence-corrected chi connectivity index (χ0v) is 9.16. The van der Waals surface area contributed by atoms with Crippen molar-refractivity contribution in [3.8, 4) is 0 Å². The second-order valence-electron chi connectivity index (χ2n) is 3.41. The third kappa shape index (κ3) is 2.15. The van der Waals surface area contributed by atoms with Gasteiger partial charge < -0.3 is 5.32 Å². The number of anilines is 1. The number of aryl methyl sites for hydroxylation is 1. The van der Waals surface area contributed by atoms with E-state index < -0.39 is 0 Å². The molecule has 1 aliphatic rings. The highest BCUT2D eigenvalue weighted by Crippen LogP contribution is 2.29.